The Hall–Kier alpha value is -1.88. The number of aliphatic hydroxyl groups is 1. The molecule has 0 aromatic heterocycles. The van der Waals surface area contributed by atoms with Crippen molar-refractivity contribution in [3.63, 3.8) is 0 Å². The van der Waals surface area contributed by atoms with Gasteiger partial charge in [-0.15, -0.1) is 0 Å². The molecule has 5 heteroatoms. The van der Waals surface area contributed by atoms with Crippen LogP contribution < -0.4 is 5.32 Å². The molecule has 0 fully saturated rings. The quantitative estimate of drug-likeness (QED) is 0.721. The Morgan fingerprint density at radius 3 is 2.21 bits per heavy atom. The zero-order valence-electron chi connectivity index (χ0n) is 11.0. The zero-order valence-corrected chi connectivity index (χ0v) is 11.0. The molecule has 0 saturated carbocycles. The van der Waals surface area contributed by atoms with Gasteiger partial charge in [0.05, 0.1) is 18.6 Å². The lowest BCUT2D eigenvalue weighted by Crippen LogP contribution is -2.38. The van der Waals surface area contributed by atoms with Gasteiger partial charge in [-0.1, -0.05) is 44.2 Å². The summed E-state index contributed by atoms with van der Waals surface area (Å²) < 4.78 is 0. The van der Waals surface area contributed by atoms with Crippen molar-refractivity contribution in [2.75, 3.05) is 6.61 Å². The first-order chi connectivity index (χ1) is 8.97. The minimum Gasteiger partial charge on any atom is -0.481 e. The molecule has 1 aromatic carbocycles. The maximum atomic E-state index is 11.9. The molecule has 0 saturated heterocycles. The highest BCUT2D eigenvalue weighted by Crippen LogP contribution is 2.16. The van der Waals surface area contributed by atoms with E-state index in [4.69, 9.17) is 5.11 Å². The van der Waals surface area contributed by atoms with E-state index < -0.39 is 23.8 Å². The van der Waals surface area contributed by atoms with Crippen LogP contribution in [0.15, 0.2) is 30.3 Å². The maximum absolute atomic E-state index is 11.9. The molecule has 3 N–H and O–H groups in total. The molecule has 0 radical (unpaired) electrons. The average molecular weight is 265 g/mol. The van der Waals surface area contributed by atoms with E-state index in [-0.39, 0.29) is 12.5 Å². The van der Waals surface area contributed by atoms with Crippen molar-refractivity contribution >= 4 is 11.9 Å². The number of nitrogens with one attached hydrogen (secondary N) is 1. The summed E-state index contributed by atoms with van der Waals surface area (Å²) in [5, 5.41) is 20.9. The number of benzene rings is 1. The molecule has 0 aliphatic rings. The molecule has 0 bridgehead atoms. The number of carboxylic acids is 1. The number of aliphatic hydroxyl groups excluding tert-OH is 1. The third-order valence-corrected chi connectivity index (χ3v) is 3.25. The van der Waals surface area contributed by atoms with Crippen molar-refractivity contribution in [1.82, 2.24) is 5.32 Å². The molecule has 0 aliphatic heterocycles. The molecule has 19 heavy (non-hydrogen) atoms. The number of carbonyl (C=O) groups is 2. The molecule has 104 valence electrons. The van der Waals surface area contributed by atoms with Gasteiger partial charge in [0, 0.05) is 5.92 Å². The van der Waals surface area contributed by atoms with Gasteiger partial charge in [0.25, 0.3) is 0 Å². The van der Waals surface area contributed by atoms with Crippen LogP contribution in [0.25, 0.3) is 0 Å². The van der Waals surface area contributed by atoms with E-state index in [2.05, 4.69) is 5.32 Å². The van der Waals surface area contributed by atoms with Crippen molar-refractivity contribution in [3.05, 3.63) is 35.9 Å². The topological polar surface area (TPSA) is 86.6 Å². The molecular weight excluding hydrogens is 246 g/mol. The Labute approximate surface area is 112 Å². The molecule has 5 nitrogen and oxygen atoms in total. The van der Waals surface area contributed by atoms with E-state index >= 15 is 0 Å². The van der Waals surface area contributed by atoms with Crippen LogP contribution in [0.4, 0.5) is 0 Å². The van der Waals surface area contributed by atoms with Crippen LogP contribution >= 0.6 is 0 Å². The highest BCUT2D eigenvalue weighted by Gasteiger charge is 2.27. The SMILES string of the molecule is CC(C(=O)O)C(C)C(=O)NC(CO)c1ccccc1. The standard InChI is InChI=1S/C14H19NO4/c1-9(10(2)14(18)19)13(17)15-12(8-16)11-6-4-3-5-7-11/h3-7,9-10,12,16H,8H2,1-2H3,(H,15,17)(H,18,19). The van der Waals surface area contributed by atoms with Crippen LogP contribution in [0.2, 0.25) is 0 Å². The number of carboxylic acid groups (broad SMARTS) is 1. The van der Waals surface area contributed by atoms with E-state index in [0.29, 0.717) is 0 Å². The molecule has 3 unspecified atom stereocenters. The van der Waals surface area contributed by atoms with Gasteiger partial charge in [0.2, 0.25) is 5.91 Å². The summed E-state index contributed by atoms with van der Waals surface area (Å²) >= 11 is 0. The van der Waals surface area contributed by atoms with E-state index in [9.17, 15) is 14.7 Å². The van der Waals surface area contributed by atoms with Crippen LogP contribution in [0.3, 0.4) is 0 Å². The second-order valence-corrected chi connectivity index (χ2v) is 4.57. The fraction of sp³-hybridized carbons (Fsp3) is 0.429. The monoisotopic (exact) mass is 265 g/mol. The smallest absolute Gasteiger partial charge is 0.307 e. The van der Waals surface area contributed by atoms with Crippen LogP contribution in [-0.4, -0.2) is 28.7 Å². The number of rotatable bonds is 6. The van der Waals surface area contributed by atoms with Gasteiger partial charge in [-0.2, -0.15) is 0 Å². The number of hydrogen-bond acceptors (Lipinski definition) is 3. The molecular formula is C14H19NO4. The van der Waals surface area contributed by atoms with Gasteiger partial charge in [-0.25, -0.2) is 0 Å². The number of carbonyl (C=O) groups excluding carboxylic acids is 1. The minimum absolute atomic E-state index is 0.232. The first kappa shape index (κ1) is 15.2. The normalized spacial score (nSPS) is 15.3. The van der Waals surface area contributed by atoms with Gasteiger partial charge < -0.3 is 15.5 Å². The summed E-state index contributed by atoms with van der Waals surface area (Å²) in [6.45, 7) is 2.82. The Bertz CT molecular complexity index is 432. The van der Waals surface area contributed by atoms with Crippen LogP contribution in [0.5, 0.6) is 0 Å². The Morgan fingerprint density at radius 1 is 1.16 bits per heavy atom. The first-order valence-corrected chi connectivity index (χ1v) is 6.16. The lowest BCUT2D eigenvalue weighted by atomic mass is 9.94. The lowest BCUT2D eigenvalue weighted by molar-refractivity contribution is -0.146. The largest absolute Gasteiger partial charge is 0.481 e. The van der Waals surface area contributed by atoms with E-state index in [0.717, 1.165) is 5.56 Å². The number of aliphatic carboxylic acids is 1. The summed E-state index contributed by atoms with van der Waals surface area (Å²) in [5.74, 6) is -2.81. The Kier molecular flexibility index (Phi) is 5.51. The maximum Gasteiger partial charge on any atom is 0.307 e. The van der Waals surface area contributed by atoms with E-state index in [1.807, 2.05) is 18.2 Å². The van der Waals surface area contributed by atoms with Gasteiger partial charge in [-0.3, -0.25) is 9.59 Å². The fourth-order valence-electron chi connectivity index (χ4n) is 1.66. The Morgan fingerprint density at radius 2 is 1.74 bits per heavy atom. The number of amides is 1. The second-order valence-electron chi connectivity index (χ2n) is 4.57. The summed E-state index contributed by atoms with van der Waals surface area (Å²) in [4.78, 5) is 22.8. The third kappa shape index (κ3) is 4.06. The third-order valence-electron chi connectivity index (χ3n) is 3.25. The lowest BCUT2D eigenvalue weighted by Gasteiger charge is -2.21. The molecule has 3 atom stereocenters. The van der Waals surface area contributed by atoms with Crippen molar-refractivity contribution in [3.8, 4) is 0 Å². The summed E-state index contributed by atoms with van der Waals surface area (Å²) in [6.07, 6.45) is 0. The average Bonchev–Trinajstić information content (AvgIpc) is 2.43. The van der Waals surface area contributed by atoms with Crippen LogP contribution in [-0.2, 0) is 9.59 Å². The number of hydrogen-bond donors (Lipinski definition) is 3. The Balaban J connectivity index is 2.71. The molecule has 0 aliphatic carbocycles. The molecule has 0 heterocycles. The van der Waals surface area contributed by atoms with E-state index in [1.54, 1.807) is 19.1 Å². The van der Waals surface area contributed by atoms with Gasteiger partial charge in [0.15, 0.2) is 0 Å². The molecule has 1 rings (SSSR count). The van der Waals surface area contributed by atoms with E-state index in [1.165, 1.54) is 6.92 Å². The van der Waals surface area contributed by atoms with Crippen molar-refractivity contribution in [1.29, 1.82) is 0 Å². The highest BCUT2D eigenvalue weighted by atomic mass is 16.4. The predicted molar refractivity (Wildman–Crippen MR) is 70.4 cm³/mol. The summed E-state index contributed by atoms with van der Waals surface area (Å²) in [7, 11) is 0. The molecule has 0 spiro atoms. The van der Waals surface area contributed by atoms with Crippen molar-refractivity contribution < 1.29 is 19.8 Å². The minimum atomic E-state index is -1.01. The zero-order chi connectivity index (χ0) is 14.4. The predicted octanol–water partition coefficient (Wildman–Crippen LogP) is 1.19. The van der Waals surface area contributed by atoms with Crippen molar-refractivity contribution in [2.45, 2.75) is 19.9 Å². The van der Waals surface area contributed by atoms with Gasteiger partial charge in [0.1, 0.15) is 0 Å². The summed E-state index contributed by atoms with van der Waals surface area (Å²) in [6, 6.07) is 8.55. The highest BCUT2D eigenvalue weighted by molar-refractivity contribution is 5.84. The van der Waals surface area contributed by atoms with Gasteiger partial charge in [-0.05, 0) is 5.56 Å². The van der Waals surface area contributed by atoms with Crippen LogP contribution in [0, 0.1) is 11.8 Å². The first-order valence-electron chi connectivity index (χ1n) is 6.16. The van der Waals surface area contributed by atoms with Gasteiger partial charge >= 0.3 is 5.97 Å². The summed E-state index contributed by atoms with van der Waals surface area (Å²) in [5.41, 5.74) is 0.786. The fourth-order valence-corrected chi connectivity index (χ4v) is 1.66. The van der Waals surface area contributed by atoms with Crippen LogP contribution in [0.1, 0.15) is 25.5 Å². The van der Waals surface area contributed by atoms with Crippen molar-refractivity contribution in [2.24, 2.45) is 11.8 Å². The second kappa shape index (κ2) is 6.89. The molecule has 1 aromatic rings. The molecule has 1 amide bonds.